The molecule has 0 radical (unpaired) electrons. The number of aryl methyl sites for hydroxylation is 1. The third-order valence-corrected chi connectivity index (χ3v) is 5.08. The SMILES string of the molecule is CC.CCc1ccccc1N=C1CC2=C(C1)C(C)[CH-]c1ccccc12.[Yb]. The molecular formula is C24H28NYb-. The zero-order valence-electron chi connectivity index (χ0n) is 16.1. The fourth-order valence-electron chi connectivity index (χ4n) is 3.87. The monoisotopic (exact) mass is 504 g/mol. The Balaban J connectivity index is 0.000000784. The quantitative estimate of drug-likeness (QED) is 0.400. The standard InChI is InChI=1S/C22H22N.C2H6.Yb/c1-3-16-8-5-7-11-22(16)23-18-13-20-15(2)12-17-9-4-6-10-19(17)21(20)14-18;1-2;/h4-12,15H,3,13-14H2,1-2H3;1-2H3;/q-1;;. The van der Waals surface area contributed by atoms with E-state index in [9.17, 15) is 0 Å². The first kappa shape index (κ1) is 21.5. The Kier molecular flexibility index (Phi) is 8.26. The molecule has 4 rings (SSSR count). The number of hydrogen-bond acceptors (Lipinski definition) is 1. The van der Waals surface area contributed by atoms with E-state index in [0.717, 1.165) is 24.9 Å². The zero-order valence-corrected chi connectivity index (χ0v) is 17.8. The van der Waals surface area contributed by atoms with E-state index in [1.807, 2.05) is 13.8 Å². The minimum Gasteiger partial charge on any atom is -0.257 e. The average Bonchev–Trinajstić information content (AvgIpc) is 3.09. The van der Waals surface area contributed by atoms with Gasteiger partial charge in [-0.3, -0.25) is 4.99 Å². The Hall–Kier alpha value is -0.761. The van der Waals surface area contributed by atoms with Crippen molar-refractivity contribution in [3.63, 3.8) is 0 Å². The van der Waals surface area contributed by atoms with Gasteiger partial charge in [-0.1, -0.05) is 63.1 Å². The fraction of sp³-hybridized carbons (Fsp3) is 0.333. The van der Waals surface area contributed by atoms with Crippen LogP contribution in [0.5, 0.6) is 0 Å². The summed E-state index contributed by atoms with van der Waals surface area (Å²) in [7, 11) is 0. The van der Waals surface area contributed by atoms with E-state index in [1.165, 1.54) is 28.0 Å². The van der Waals surface area contributed by atoms with Gasteiger partial charge in [0.1, 0.15) is 0 Å². The summed E-state index contributed by atoms with van der Waals surface area (Å²) < 4.78 is 0. The second kappa shape index (κ2) is 9.97. The van der Waals surface area contributed by atoms with E-state index in [4.69, 9.17) is 4.99 Å². The molecule has 0 spiro atoms. The van der Waals surface area contributed by atoms with Crippen LogP contribution >= 0.6 is 0 Å². The second-order valence-corrected chi connectivity index (χ2v) is 6.56. The maximum Gasteiger partial charge on any atom is 0.0661 e. The molecule has 0 saturated heterocycles. The van der Waals surface area contributed by atoms with E-state index < -0.39 is 0 Å². The summed E-state index contributed by atoms with van der Waals surface area (Å²) in [6, 6.07) is 17.3. The summed E-state index contributed by atoms with van der Waals surface area (Å²) in [5.41, 5.74) is 9.68. The average molecular weight is 504 g/mol. The van der Waals surface area contributed by atoms with Crippen molar-refractivity contribution in [3.8, 4) is 0 Å². The molecule has 2 aromatic rings. The molecule has 2 heteroatoms. The number of aliphatic imine (C=N–C) groups is 1. The molecule has 0 aromatic heterocycles. The van der Waals surface area contributed by atoms with Crippen LogP contribution in [0.2, 0.25) is 0 Å². The second-order valence-electron chi connectivity index (χ2n) is 6.56. The summed E-state index contributed by atoms with van der Waals surface area (Å²) >= 11 is 0. The van der Waals surface area contributed by atoms with Crippen LogP contribution in [-0.4, -0.2) is 5.71 Å². The van der Waals surface area contributed by atoms with Crippen LogP contribution in [0.1, 0.15) is 57.2 Å². The Morgan fingerprint density at radius 3 is 2.46 bits per heavy atom. The van der Waals surface area contributed by atoms with Crippen molar-refractivity contribution in [1.29, 1.82) is 0 Å². The fourth-order valence-corrected chi connectivity index (χ4v) is 3.87. The molecule has 1 atom stereocenters. The smallest absolute Gasteiger partial charge is 0.0661 e. The molecule has 0 N–H and O–H groups in total. The maximum atomic E-state index is 5.02. The van der Waals surface area contributed by atoms with Gasteiger partial charge in [0.15, 0.2) is 0 Å². The predicted octanol–water partition coefficient (Wildman–Crippen LogP) is 6.80. The third kappa shape index (κ3) is 4.38. The van der Waals surface area contributed by atoms with Crippen LogP contribution in [0.15, 0.2) is 59.1 Å². The number of rotatable bonds is 2. The molecule has 1 nitrogen and oxygen atoms in total. The predicted molar refractivity (Wildman–Crippen MR) is 109 cm³/mol. The van der Waals surface area contributed by atoms with Crippen LogP contribution in [0.3, 0.4) is 0 Å². The van der Waals surface area contributed by atoms with Crippen molar-refractivity contribution < 1.29 is 46.9 Å². The van der Waals surface area contributed by atoms with Crippen LogP contribution in [0.4, 0.5) is 5.69 Å². The Labute approximate surface area is 197 Å². The van der Waals surface area contributed by atoms with Gasteiger partial charge in [-0.2, -0.15) is 18.1 Å². The summed E-state index contributed by atoms with van der Waals surface area (Å²) in [5.74, 6) is 0.522. The molecule has 144 valence electrons. The topological polar surface area (TPSA) is 12.4 Å². The number of nitrogens with zero attached hydrogens (tertiary/aromatic N) is 1. The van der Waals surface area contributed by atoms with Crippen molar-refractivity contribution in [3.05, 3.63) is 77.2 Å². The molecule has 1 unspecified atom stereocenters. The van der Waals surface area contributed by atoms with Crippen molar-refractivity contribution in [2.75, 3.05) is 0 Å². The summed E-state index contributed by atoms with van der Waals surface area (Å²) in [6.45, 7) is 8.51. The van der Waals surface area contributed by atoms with Crippen LogP contribution in [-0.2, 0) is 6.42 Å². The van der Waals surface area contributed by atoms with Crippen LogP contribution in [0.25, 0.3) is 5.57 Å². The molecule has 0 heterocycles. The third-order valence-electron chi connectivity index (χ3n) is 5.08. The van der Waals surface area contributed by atoms with Crippen molar-refractivity contribution in [1.82, 2.24) is 0 Å². The Morgan fingerprint density at radius 2 is 1.69 bits per heavy atom. The van der Waals surface area contributed by atoms with Crippen LogP contribution in [0, 0.1) is 59.3 Å². The molecule has 0 aliphatic heterocycles. The van der Waals surface area contributed by atoms with Crippen LogP contribution < -0.4 is 0 Å². The molecule has 26 heavy (non-hydrogen) atoms. The number of allylic oxidation sites excluding steroid dienone is 2. The number of hydrogen-bond donors (Lipinski definition) is 0. The Bertz CT molecular complexity index is 816. The van der Waals surface area contributed by atoms with Crippen molar-refractivity contribution in [2.24, 2.45) is 10.9 Å². The van der Waals surface area contributed by atoms with Crippen molar-refractivity contribution >= 4 is 17.0 Å². The normalized spacial score (nSPS) is 18.9. The number of benzene rings is 2. The van der Waals surface area contributed by atoms with Gasteiger partial charge in [0.25, 0.3) is 0 Å². The summed E-state index contributed by atoms with van der Waals surface area (Å²) in [4.78, 5) is 5.02. The Morgan fingerprint density at radius 1 is 1.00 bits per heavy atom. The summed E-state index contributed by atoms with van der Waals surface area (Å²) in [5, 5.41) is 0. The van der Waals surface area contributed by atoms with Gasteiger partial charge in [0.05, 0.1) is 5.69 Å². The molecular weight excluding hydrogens is 475 g/mol. The molecule has 0 bridgehead atoms. The van der Waals surface area contributed by atoms with E-state index in [2.05, 4.69) is 68.8 Å². The van der Waals surface area contributed by atoms with E-state index in [0.29, 0.717) is 5.92 Å². The first-order valence-electron chi connectivity index (χ1n) is 9.56. The van der Waals surface area contributed by atoms with Gasteiger partial charge >= 0.3 is 0 Å². The molecule has 0 fully saturated rings. The minimum atomic E-state index is 0. The van der Waals surface area contributed by atoms with E-state index >= 15 is 0 Å². The van der Waals surface area contributed by atoms with Gasteiger partial charge in [-0.25, -0.2) is 0 Å². The molecule has 2 aliphatic carbocycles. The zero-order chi connectivity index (χ0) is 17.8. The molecule has 2 aromatic carbocycles. The first-order valence-corrected chi connectivity index (χ1v) is 9.56. The van der Waals surface area contributed by atoms with Gasteiger partial charge in [0.2, 0.25) is 0 Å². The van der Waals surface area contributed by atoms with E-state index in [-0.39, 0.29) is 46.9 Å². The van der Waals surface area contributed by atoms with Gasteiger partial charge in [0, 0.05) is 65.5 Å². The minimum absolute atomic E-state index is 0. The molecule has 2 aliphatic rings. The molecule has 0 amide bonds. The first-order chi connectivity index (χ1) is 12.3. The van der Waals surface area contributed by atoms with Crippen molar-refractivity contribution in [2.45, 2.75) is 47.0 Å². The van der Waals surface area contributed by atoms with E-state index in [1.54, 1.807) is 5.57 Å². The van der Waals surface area contributed by atoms with Gasteiger partial charge in [-0.15, -0.1) is 17.7 Å². The van der Waals surface area contributed by atoms with Gasteiger partial charge in [-0.05, 0) is 24.0 Å². The maximum absolute atomic E-state index is 5.02. The number of fused-ring (bicyclic) bond motifs is 2. The molecule has 0 saturated carbocycles. The summed E-state index contributed by atoms with van der Waals surface area (Å²) in [6.07, 6.45) is 5.46. The largest absolute Gasteiger partial charge is 0.257 e. The number of para-hydroxylation sites is 1. The van der Waals surface area contributed by atoms with Gasteiger partial charge < -0.3 is 0 Å².